The molecule has 1 aromatic carbocycles. The number of halogens is 2. The van der Waals surface area contributed by atoms with E-state index in [9.17, 15) is 0 Å². The molecule has 1 nitrogen and oxygen atoms in total. The maximum atomic E-state index is 6.34. The molecule has 0 saturated heterocycles. The number of benzene rings is 1. The molecule has 2 atom stereocenters. The summed E-state index contributed by atoms with van der Waals surface area (Å²) in [6.45, 7) is 0. The summed E-state index contributed by atoms with van der Waals surface area (Å²) in [5, 5.41) is 5.19. The lowest BCUT2D eigenvalue weighted by Gasteiger charge is -2.40. The van der Waals surface area contributed by atoms with Gasteiger partial charge in [-0.3, -0.25) is 0 Å². The van der Waals surface area contributed by atoms with Gasteiger partial charge in [0, 0.05) is 11.1 Å². The molecular weight excluding hydrogens is 301 g/mol. The van der Waals surface area contributed by atoms with Crippen molar-refractivity contribution >= 4 is 28.9 Å². The summed E-state index contributed by atoms with van der Waals surface area (Å²) in [7, 11) is 0. The molecule has 2 saturated carbocycles. The molecule has 3 heteroatoms. The first-order chi connectivity index (χ1) is 10.2. The Morgan fingerprint density at radius 3 is 2.33 bits per heavy atom. The molecule has 0 aromatic heterocycles. The lowest BCUT2D eigenvalue weighted by atomic mass is 9.71. The van der Waals surface area contributed by atoms with E-state index in [1.54, 1.807) is 0 Å². The summed E-state index contributed by atoms with van der Waals surface area (Å²) in [6, 6.07) is 6.37. The number of anilines is 1. The molecule has 0 bridgehead atoms. The van der Waals surface area contributed by atoms with Crippen LogP contribution in [0.5, 0.6) is 0 Å². The Kier molecular flexibility index (Phi) is 5.34. The molecule has 0 spiro atoms. The van der Waals surface area contributed by atoms with Crippen LogP contribution in [0.2, 0.25) is 10.0 Å². The van der Waals surface area contributed by atoms with Crippen molar-refractivity contribution < 1.29 is 0 Å². The number of hydrogen-bond acceptors (Lipinski definition) is 1. The molecule has 116 valence electrons. The Morgan fingerprint density at radius 2 is 1.57 bits per heavy atom. The van der Waals surface area contributed by atoms with Crippen LogP contribution in [-0.2, 0) is 0 Å². The van der Waals surface area contributed by atoms with E-state index >= 15 is 0 Å². The molecule has 1 aromatic rings. The van der Waals surface area contributed by atoms with Crippen LogP contribution < -0.4 is 5.32 Å². The Morgan fingerprint density at radius 1 is 0.857 bits per heavy atom. The molecule has 2 aliphatic carbocycles. The first kappa shape index (κ1) is 15.5. The minimum Gasteiger partial charge on any atom is -0.381 e. The highest BCUT2D eigenvalue weighted by atomic mass is 35.5. The van der Waals surface area contributed by atoms with Gasteiger partial charge in [0.05, 0.1) is 10.7 Å². The molecule has 0 amide bonds. The van der Waals surface area contributed by atoms with E-state index in [1.807, 2.05) is 18.2 Å². The average molecular weight is 326 g/mol. The minimum absolute atomic E-state index is 0.584. The Labute approximate surface area is 138 Å². The van der Waals surface area contributed by atoms with Crippen LogP contribution in [0.15, 0.2) is 18.2 Å². The summed E-state index contributed by atoms with van der Waals surface area (Å²) in [4.78, 5) is 0. The quantitative estimate of drug-likeness (QED) is 0.664. The normalized spacial score (nSPS) is 27.5. The van der Waals surface area contributed by atoms with Gasteiger partial charge in [0.15, 0.2) is 0 Å². The fourth-order valence-corrected chi connectivity index (χ4v) is 4.73. The molecule has 0 aliphatic heterocycles. The van der Waals surface area contributed by atoms with Gasteiger partial charge in [0.25, 0.3) is 0 Å². The van der Waals surface area contributed by atoms with E-state index in [0.717, 1.165) is 22.5 Å². The first-order valence-electron chi connectivity index (χ1n) is 8.45. The topological polar surface area (TPSA) is 12.0 Å². The largest absolute Gasteiger partial charge is 0.381 e. The van der Waals surface area contributed by atoms with Crippen molar-refractivity contribution in [1.29, 1.82) is 0 Å². The van der Waals surface area contributed by atoms with Crippen LogP contribution in [0.25, 0.3) is 0 Å². The van der Waals surface area contributed by atoms with Crippen molar-refractivity contribution in [2.75, 3.05) is 5.32 Å². The predicted molar refractivity (Wildman–Crippen MR) is 92.4 cm³/mol. The average Bonchev–Trinajstić information content (AvgIpc) is 2.51. The van der Waals surface area contributed by atoms with Crippen LogP contribution >= 0.6 is 23.2 Å². The highest BCUT2D eigenvalue weighted by Gasteiger charge is 2.32. The second-order valence-electron chi connectivity index (χ2n) is 6.72. The molecule has 1 N–H and O–H groups in total. The maximum absolute atomic E-state index is 6.34. The Balaban J connectivity index is 1.71. The molecular formula is C18H25Cl2N. The lowest BCUT2D eigenvalue weighted by Crippen LogP contribution is -2.37. The smallest absolute Gasteiger partial charge is 0.0652 e. The SMILES string of the molecule is Clc1ccc(NC2CCCCC2C2CCCCC2)c(Cl)c1. The number of hydrogen-bond donors (Lipinski definition) is 1. The molecule has 21 heavy (non-hydrogen) atoms. The molecule has 2 fully saturated rings. The van der Waals surface area contributed by atoms with Crippen molar-refractivity contribution in [2.24, 2.45) is 11.8 Å². The predicted octanol–water partition coefficient (Wildman–Crippen LogP) is 6.54. The third kappa shape index (κ3) is 3.87. The summed E-state index contributed by atoms with van der Waals surface area (Å²) < 4.78 is 0. The molecule has 0 heterocycles. The zero-order valence-electron chi connectivity index (χ0n) is 12.6. The van der Waals surface area contributed by atoms with Gasteiger partial charge in [-0.15, -0.1) is 0 Å². The van der Waals surface area contributed by atoms with Gasteiger partial charge in [-0.25, -0.2) is 0 Å². The summed E-state index contributed by atoms with van der Waals surface area (Å²) >= 11 is 12.3. The standard InChI is InChI=1S/C18H25Cl2N/c19-14-10-11-18(16(20)12-14)21-17-9-5-4-8-15(17)13-6-2-1-3-7-13/h10-13,15,17,21H,1-9H2. The van der Waals surface area contributed by atoms with E-state index in [0.29, 0.717) is 11.1 Å². The highest BCUT2D eigenvalue weighted by molar-refractivity contribution is 6.36. The zero-order chi connectivity index (χ0) is 14.7. The van der Waals surface area contributed by atoms with E-state index in [4.69, 9.17) is 23.2 Å². The van der Waals surface area contributed by atoms with Gasteiger partial charge in [-0.2, -0.15) is 0 Å². The fraction of sp³-hybridized carbons (Fsp3) is 0.667. The summed E-state index contributed by atoms with van der Waals surface area (Å²) in [5.41, 5.74) is 1.05. The fourth-order valence-electron chi connectivity index (χ4n) is 4.27. The maximum Gasteiger partial charge on any atom is 0.0652 e. The van der Waals surface area contributed by atoms with Gasteiger partial charge in [-0.1, -0.05) is 68.1 Å². The van der Waals surface area contributed by atoms with Crippen LogP contribution in [0.3, 0.4) is 0 Å². The van der Waals surface area contributed by atoms with Crippen molar-refractivity contribution in [2.45, 2.75) is 63.8 Å². The van der Waals surface area contributed by atoms with Gasteiger partial charge in [0.1, 0.15) is 0 Å². The van der Waals surface area contributed by atoms with Crippen LogP contribution in [0.1, 0.15) is 57.8 Å². The third-order valence-electron chi connectivity index (χ3n) is 5.35. The Bertz CT molecular complexity index is 468. The number of nitrogens with one attached hydrogen (secondary N) is 1. The van der Waals surface area contributed by atoms with Crippen LogP contribution in [0, 0.1) is 11.8 Å². The van der Waals surface area contributed by atoms with Crippen molar-refractivity contribution in [1.82, 2.24) is 0 Å². The van der Waals surface area contributed by atoms with Gasteiger partial charge < -0.3 is 5.32 Å². The van der Waals surface area contributed by atoms with Crippen molar-refractivity contribution in [3.05, 3.63) is 28.2 Å². The van der Waals surface area contributed by atoms with Gasteiger partial charge in [-0.05, 0) is 42.9 Å². The monoisotopic (exact) mass is 325 g/mol. The first-order valence-corrected chi connectivity index (χ1v) is 9.21. The van der Waals surface area contributed by atoms with Crippen molar-refractivity contribution in [3.63, 3.8) is 0 Å². The van der Waals surface area contributed by atoms with E-state index in [1.165, 1.54) is 57.8 Å². The molecule has 0 radical (unpaired) electrons. The van der Waals surface area contributed by atoms with Crippen molar-refractivity contribution in [3.8, 4) is 0 Å². The molecule has 3 rings (SSSR count). The van der Waals surface area contributed by atoms with Gasteiger partial charge in [0.2, 0.25) is 0 Å². The lowest BCUT2D eigenvalue weighted by molar-refractivity contribution is 0.180. The summed E-state index contributed by atoms with van der Waals surface area (Å²) in [6.07, 6.45) is 12.5. The van der Waals surface area contributed by atoms with E-state index < -0.39 is 0 Å². The molecule has 2 aliphatic rings. The second-order valence-corrected chi connectivity index (χ2v) is 7.57. The van der Waals surface area contributed by atoms with Gasteiger partial charge >= 0.3 is 0 Å². The number of rotatable bonds is 3. The van der Waals surface area contributed by atoms with Crippen LogP contribution in [0.4, 0.5) is 5.69 Å². The zero-order valence-corrected chi connectivity index (χ0v) is 14.1. The summed E-state index contributed by atoms with van der Waals surface area (Å²) in [5.74, 6) is 1.74. The third-order valence-corrected chi connectivity index (χ3v) is 5.89. The second kappa shape index (κ2) is 7.24. The highest BCUT2D eigenvalue weighted by Crippen LogP contribution is 2.40. The van der Waals surface area contributed by atoms with Crippen LogP contribution in [-0.4, -0.2) is 6.04 Å². The van der Waals surface area contributed by atoms with E-state index in [-0.39, 0.29) is 0 Å². The molecule has 2 unspecified atom stereocenters. The Hall–Kier alpha value is -0.400. The van der Waals surface area contributed by atoms with E-state index in [2.05, 4.69) is 5.32 Å². The minimum atomic E-state index is 0.584.